The first-order valence-electron chi connectivity index (χ1n) is 5.21. The van der Waals surface area contributed by atoms with E-state index in [4.69, 9.17) is 21.8 Å². The van der Waals surface area contributed by atoms with Crippen molar-refractivity contribution in [2.24, 2.45) is 0 Å². The van der Waals surface area contributed by atoms with Crippen LogP contribution in [0.25, 0.3) is 11.1 Å². The Bertz CT molecular complexity index is 495. The zero-order valence-corrected chi connectivity index (χ0v) is 10.1. The molecular formula is C11H11ClN2OS. The number of anilines is 1. The Morgan fingerprint density at radius 3 is 3.12 bits per heavy atom. The van der Waals surface area contributed by atoms with Crippen molar-refractivity contribution in [3.63, 3.8) is 0 Å². The van der Waals surface area contributed by atoms with E-state index < -0.39 is 0 Å². The van der Waals surface area contributed by atoms with Crippen molar-refractivity contribution in [3.8, 4) is 0 Å². The SMILES string of the molecule is Nc1cc2oc(C3CCCS3)nc2cc1Cl. The van der Waals surface area contributed by atoms with Crippen LogP contribution in [0, 0.1) is 0 Å². The smallest absolute Gasteiger partial charge is 0.208 e. The van der Waals surface area contributed by atoms with Crippen LogP contribution in [0.3, 0.4) is 0 Å². The molecule has 0 aliphatic carbocycles. The molecule has 0 saturated carbocycles. The molecule has 1 aromatic heterocycles. The first-order valence-corrected chi connectivity index (χ1v) is 6.64. The van der Waals surface area contributed by atoms with E-state index in [0.717, 1.165) is 23.4 Å². The summed E-state index contributed by atoms with van der Waals surface area (Å²) in [4.78, 5) is 4.47. The van der Waals surface area contributed by atoms with E-state index in [1.54, 1.807) is 12.1 Å². The van der Waals surface area contributed by atoms with Crippen LogP contribution in [0.15, 0.2) is 16.5 Å². The molecule has 3 rings (SSSR count). The summed E-state index contributed by atoms with van der Waals surface area (Å²) in [7, 11) is 0. The molecular weight excluding hydrogens is 244 g/mol. The number of benzene rings is 1. The second-order valence-corrected chi connectivity index (χ2v) is 5.61. The molecule has 16 heavy (non-hydrogen) atoms. The summed E-state index contributed by atoms with van der Waals surface area (Å²) in [5, 5.41) is 0.929. The van der Waals surface area contributed by atoms with Crippen LogP contribution in [-0.2, 0) is 0 Å². The van der Waals surface area contributed by atoms with Crippen LogP contribution in [0.1, 0.15) is 24.0 Å². The highest BCUT2D eigenvalue weighted by Crippen LogP contribution is 2.40. The Morgan fingerprint density at radius 2 is 2.38 bits per heavy atom. The van der Waals surface area contributed by atoms with Gasteiger partial charge in [-0.15, -0.1) is 11.8 Å². The zero-order valence-electron chi connectivity index (χ0n) is 8.57. The van der Waals surface area contributed by atoms with E-state index in [1.807, 2.05) is 11.8 Å². The van der Waals surface area contributed by atoms with Gasteiger partial charge >= 0.3 is 0 Å². The number of thioether (sulfide) groups is 1. The van der Waals surface area contributed by atoms with Gasteiger partial charge in [-0.2, -0.15) is 0 Å². The Labute approximate surface area is 102 Å². The molecule has 1 aliphatic rings. The molecule has 0 radical (unpaired) electrons. The minimum atomic E-state index is 0.396. The van der Waals surface area contributed by atoms with Gasteiger partial charge in [-0.3, -0.25) is 0 Å². The maximum absolute atomic E-state index is 5.94. The van der Waals surface area contributed by atoms with Gasteiger partial charge in [0.05, 0.1) is 16.0 Å². The van der Waals surface area contributed by atoms with Crippen molar-refractivity contribution in [2.75, 3.05) is 11.5 Å². The van der Waals surface area contributed by atoms with Gasteiger partial charge in [-0.05, 0) is 24.7 Å². The monoisotopic (exact) mass is 254 g/mol. The number of fused-ring (bicyclic) bond motifs is 1. The van der Waals surface area contributed by atoms with Crippen molar-refractivity contribution in [2.45, 2.75) is 18.1 Å². The third-order valence-corrected chi connectivity index (χ3v) is 4.42. The molecule has 1 aliphatic heterocycles. The van der Waals surface area contributed by atoms with Crippen LogP contribution in [-0.4, -0.2) is 10.7 Å². The molecule has 0 bridgehead atoms. The summed E-state index contributed by atoms with van der Waals surface area (Å²) >= 11 is 7.84. The molecule has 1 saturated heterocycles. The highest BCUT2D eigenvalue weighted by Gasteiger charge is 2.23. The Balaban J connectivity index is 2.08. The Hall–Kier alpha value is -0.870. The fourth-order valence-electron chi connectivity index (χ4n) is 1.89. The number of nitrogen functional groups attached to an aromatic ring is 1. The van der Waals surface area contributed by atoms with Crippen LogP contribution in [0.2, 0.25) is 5.02 Å². The summed E-state index contributed by atoms with van der Waals surface area (Å²) in [6, 6.07) is 3.51. The average Bonchev–Trinajstić information content (AvgIpc) is 2.86. The van der Waals surface area contributed by atoms with Crippen molar-refractivity contribution in [1.82, 2.24) is 4.98 Å². The lowest BCUT2D eigenvalue weighted by molar-refractivity contribution is 0.519. The van der Waals surface area contributed by atoms with E-state index in [-0.39, 0.29) is 0 Å². The summed E-state index contributed by atoms with van der Waals surface area (Å²) < 4.78 is 5.72. The van der Waals surface area contributed by atoms with Crippen LogP contribution in [0.4, 0.5) is 5.69 Å². The largest absolute Gasteiger partial charge is 0.439 e. The quantitative estimate of drug-likeness (QED) is 0.790. The Kier molecular flexibility index (Phi) is 2.48. The second-order valence-electron chi connectivity index (χ2n) is 3.90. The lowest BCUT2D eigenvalue weighted by Crippen LogP contribution is -1.87. The minimum absolute atomic E-state index is 0.396. The van der Waals surface area contributed by atoms with Crippen LogP contribution >= 0.6 is 23.4 Å². The first kappa shape index (κ1) is 10.3. The maximum Gasteiger partial charge on any atom is 0.208 e. The molecule has 1 fully saturated rings. The maximum atomic E-state index is 5.94. The normalized spacial score (nSPS) is 20.7. The molecule has 1 aromatic carbocycles. The fraction of sp³-hybridized carbons (Fsp3) is 0.364. The third kappa shape index (κ3) is 1.66. The summed E-state index contributed by atoms with van der Waals surface area (Å²) in [5.74, 6) is 1.99. The average molecular weight is 255 g/mol. The molecule has 1 atom stereocenters. The zero-order chi connectivity index (χ0) is 11.1. The number of rotatable bonds is 1. The van der Waals surface area contributed by atoms with E-state index in [9.17, 15) is 0 Å². The predicted octanol–water partition coefficient (Wildman–Crippen LogP) is 3.63. The predicted molar refractivity (Wildman–Crippen MR) is 67.9 cm³/mol. The molecule has 2 heterocycles. The van der Waals surface area contributed by atoms with Gasteiger partial charge in [-0.25, -0.2) is 4.98 Å². The summed E-state index contributed by atoms with van der Waals surface area (Å²) in [5.41, 5.74) is 7.78. The summed E-state index contributed by atoms with van der Waals surface area (Å²) in [6.07, 6.45) is 2.37. The molecule has 2 N–H and O–H groups in total. The molecule has 0 spiro atoms. The second kappa shape index (κ2) is 3.86. The number of aromatic nitrogens is 1. The number of nitrogens with zero attached hydrogens (tertiary/aromatic N) is 1. The van der Waals surface area contributed by atoms with Gasteiger partial charge in [-0.1, -0.05) is 11.6 Å². The van der Waals surface area contributed by atoms with E-state index in [0.29, 0.717) is 16.0 Å². The minimum Gasteiger partial charge on any atom is -0.439 e. The van der Waals surface area contributed by atoms with Gasteiger partial charge in [0.2, 0.25) is 5.89 Å². The molecule has 0 amide bonds. The Morgan fingerprint density at radius 1 is 1.50 bits per heavy atom. The van der Waals surface area contributed by atoms with Gasteiger partial charge in [0.15, 0.2) is 5.58 Å². The fourth-order valence-corrected chi connectivity index (χ4v) is 3.24. The van der Waals surface area contributed by atoms with Gasteiger partial charge in [0, 0.05) is 6.07 Å². The van der Waals surface area contributed by atoms with Crippen molar-refractivity contribution in [3.05, 3.63) is 23.0 Å². The summed E-state index contributed by atoms with van der Waals surface area (Å²) in [6.45, 7) is 0. The van der Waals surface area contributed by atoms with E-state index >= 15 is 0 Å². The topological polar surface area (TPSA) is 52.0 Å². The van der Waals surface area contributed by atoms with Crippen LogP contribution in [0.5, 0.6) is 0 Å². The number of nitrogens with two attached hydrogens (primary N) is 1. The van der Waals surface area contributed by atoms with Crippen molar-refractivity contribution in [1.29, 1.82) is 0 Å². The number of hydrogen-bond donors (Lipinski definition) is 1. The van der Waals surface area contributed by atoms with Gasteiger partial charge in [0.25, 0.3) is 0 Å². The van der Waals surface area contributed by atoms with Crippen molar-refractivity contribution < 1.29 is 4.42 Å². The lowest BCUT2D eigenvalue weighted by atomic mass is 10.2. The van der Waals surface area contributed by atoms with E-state index in [1.165, 1.54) is 12.2 Å². The highest BCUT2D eigenvalue weighted by molar-refractivity contribution is 7.99. The van der Waals surface area contributed by atoms with Gasteiger partial charge < -0.3 is 10.2 Å². The first-order chi connectivity index (χ1) is 7.74. The van der Waals surface area contributed by atoms with Crippen molar-refractivity contribution >= 4 is 40.1 Å². The molecule has 84 valence electrons. The molecule has 5 heteroatoms. The molecule has 3 nitrogen and oxygen atoms in total. The number of halogens is 1. The lowest BCUT2D eigenvalue weighted by Gasteiger charge is -2.00. The van der Waals surface area contributed by atoms with E-state index in [2.05, 4.69) is 4.98 Å². The van der Waals surface area contributed by atoms with Gasteiger partial charge in [0.1, 0.15) is 5.52 Å². The third-order valence-electron chi connectivity index (χ3n) is 2.73. The number of oxazole rings is 1. The molecule has 2 aromatic rings. The number of hydrogen-bond acceptors (Lipinski definition) is 4. The molecule has 1 unspecified atom stereocenters. The van der Waals surface area contributed by atoms with Crippen LogP contribution < -0.4 is 5.73 Å². The standard InChI is InChI=1S/C11H11ClN2OS/c12-6-4-8-9(5-7(6)13)15-11(14-8)10-2-1-3-16-10/h4-5,10H,1-3,13H2. The highest BCUT2D eigenvalue weighted by atomic mass is 35.5.